The van der Waals surface area contributed by atoms with Gasteiger partial charge in [0.05, 0.1) is 18.2 Å². The number of pyridine rings is 1. The zero-order valence-electron chi connectivity index (χ0n) is 19.0. The Kier molecular flexibility index (Phi) is 4.04. The van der Waals surface area contributed by atoms with Gasteiger partial charge >= 0.3 is 0 Å². The number of ether oxygens (including phenoxy) is 1. The Labute approximate surface area is 177 Å². The fraction of sp³-hybridized carbons (Fsp3) is 0.480. The van der Waals surface area contributed by atoms with E-state index in [-0.39, 0.29) is 16.9 Å². The molecule has 156 valence electrons. The first kappa shape index (κ1) is 19.4. The summed E-state index contributed by atoms with van der Waals surface area (Å²) in [7, 11) is 0. The average Bonchev–Trinajstić information content (AvgIpc) is 3.24. The van der Waals surface area contributed by atoms with E-state index in [0.29, 0.717) is 6.61 Å². The summed E-state index contributed by atoms with van der Waals surface area (Å²) in [6.07, 6.45) is 1.13. The predicted molar refractivity (Wildman–Crippen MR) is 121 cm³/mol. The van der Waals surface area contributed by atoms with Gasteiger partial charge in [0, 0.05) is 21.9 Å². The molecule has 1 unspecified atom stereocenters. The second-order valence-electron chi connectivity index (χ2n) is 10.5. The van der Waals surface area contributed by atoms with Crippen molar-refractivity contribution in [3.63, 3.8) is 0 Å². The van der Waals surface area contributed by atoms with E-state index in [4.69, 9.17) is 19.7 Å². The molecule has 1 atom stereocenters. The number of hydrogen-bond donors (Lipinski definition) is 0. The van der Waals surface area contributed by atoms with Crippen molar-refractivity contribution in [2.24, 2.45) is 0 Å². The van der Waals surface area contributed by atoms with Gasteiger partial charge in [-0.3, -0.25) is 4.40 Å². The van der Waals surface area contributed by atoms with Crippen molar-refractivity contribution in [1.82, 2.24) is 19.4 Å². The van der Waals surface area contributed by atoms with Gasteiger partial charge in [-0.25, -0.2) is 15.0 Å². The lowest BCUT2D eigenvalue weighted by atomic mass is 9.92. The molecule has 0 saturated heterocycles. The molecule has 5 heteroatoms. The zero-order chi connectivity index (χ0) is 21.4. The topological polar surface area (TPSA) is 52.3 Å². The van der Waals surface area contributed by atoms with E-state index >= 15 is 0 Å². The number of imidazole rings is 1. The summed E-state index contributed by atoms with van der Waals surface area (Å²) >= 11 is 0. The second kappa shape index (κ2) is 6.24. The van der Waals surface area contributed by atoms with Crippen LogP contribution in [0.4, 0.5) is 0 Å². The maximum absolute atomic E-state index is 6.00. The first-order chi connectivity index (χ1) is 14.1. The van der Waals surface area contributed by atoms with Gasteiger partial charge in [0.15, 0.2) is 5.65 Å². The summed E-state index contributed by atoms with van der Waals surface area (Å²) in [6, 6.07) is 8.64. The average molecular weight is 403 g/mol. The van der Waals surface area contributed by atoms with Gasteiger partial charge in [0.2, 0.25) is 0 Å². The molecule has 4 aromatic rings. The van der Waals surface area contributed by atoms with Crippen molar-refractivity contribution in [2.45, 2.75) is 78.4 Å². The molecule has 0 aliphatic carbocycles. The number of nitrogens with zero attached hydrogens (tertiary/aromatic N) is 4. The quantitative estimate of drug-likeness (QED) is 0.391. The third-order valence-electron chi connectivity index (χ3n) is 6.04. The maximum atomic E-state index is 6.00. The summed E-state index contributed by atoms with van der Waals surface area (Å²) in [6.45, 7) is 16.0. The van der Waals surface area contributed by atoms with Crippen LogP contribution in [0.15, 0.2) is 24.3 Å². The molecule has 0 saturated carbocycles. The smallest absolute Gasteiger partial charge is 0.166 e. The highest BCUT2D eigenvalue weighted by molar-refractivity contribution is 5.96. The van der Waals surface area contributed by atoms with Crippen LogP contribution in [0.1, 0.15) is 83.6 Å². The minimum Gasteiger partial charge on any atom is -0.369 e. The van der Waals surface area contributed by atoms with E-state index in [1.54, 1.807) is 0 Å². The van der Waals surface area contributed by atoms with Gasteiger partial charge in [-0.05, 0) is 41.8 Å². The molecule has 3 aromatic heterocycles. The van der Waals surface area contributed by atoms with E-state index in [1.807, 2.05) is 0 Å². The fourth-order valence-corrected chi connectivity index (χ4v) is 4.39. The Morgan fingerprint density at radius 2 is 1.70 bits per heavy atom. The molecule has 0 spiro atoms. The van der Waals surface area contributed by atoms with Crippen LogP contribution in [0, 0.1) is 0 Å². The van der Waals surface area contributed by atoms with Crippen LogP contribution in [0.25, 0.3) is 27.7 Å². The Morgan fingerprint density at radius 3 is 2.37 bits per heavy atom. The number of rotatable bonds is 1. The van der Waals surface area contributed by atoms with Crippen LogP contribution < -0.4 is 0 Å². The lowest BCUT2D eigenvalue weighted by Gasteiger charge is -2.21. The summed E-state index contributed by atoms with van der Waals surface area (Å²) < 4.78 is 8.17. The zero-order valence-corrected chi connectivity index (χ0v) is 19.0. The molecule has 0 bridgehead atoms. The Bertz CT molecular complexity index is 1300. The largest absolute Gasteiger partial charge is 0.369 e. The summed E-state index contributed by atoms with van der Waals surface area (Å²) in [5.41, 5.74) is 7.11. The lowest BCUT2D eigenvalue weighted by molar-refractivity contribution is 0.0637. The van der Waals surface area contributed by atoms with E-state index < -0.39 is 0 Å². The maximum Gasteiger partial charge on any atom is 0.166 e. The van der Waals surface area contributed by atoms with Gasteiger partial charge < -0.3 is 4.74 Å². The summed E-state index contributed by atoms with van der Waals surface area (Å²) in [5, 5.41) is 1.07. The Hall–Kier alpha value is -2.53. The van der Waals surface area contributed by atoms with Gasteiger partial charge in [-0.2, -0.15) is 0 Å². The molecular weight excluding hydrogens is 372 g/mol. The highest BCUT2D eigenvalue weighted by atomic mass is 16.5. The molecule has 1 aliphatic rings. The van der Waals surface area contributed by atoms with E-state index in [0.717, 1.165) is 45.7 Å². The lowest BCUT2D eigenvalue weighted by Crippen LogP contribution is -2.20. The molecule has 5 rings (SSSR count). The molecule has 0 fully saturated rings. The van der Waals surface area contributed by atoms with Crippen molar-refractivity contribution in [1.29, 1.82) is 0 Å². The monoisotopic (exact) mass is 402 g/mol. The Balaban J connectivity index is 1.92. The predicted octanol–water partition coefficient (Wildman–Crippen LogP) is 6.01. The summed E-state index contributed by atoms with van der Waals surface area (Å²) in [4.78, 5) is 15.2. The fourth-order valence-electron chi connectivity index (χ4n) is 4.39. The highest BCUT2D eigenvalue weighted by Gasteiger charge is 2.28. The van der Waals surface area contributed by atoms with Crippen LogP contribution >= 0.6 is 0 Å². The molecule has 5 nitrogen and oxygen atoms in total. The number of fused-ring (bicyclic) bond motifs is 6. The Morgan fingerprint density at radius 1 is 0.933 bits per heavy atom. The molecule has 0 amide bonds. The normalized spacial score (nSPS) is 17.4. The van der Waals surface area contributed by atoms with Crippen molar-refractivity contribution in [3.05, 3.63) is 46.9 Å². The van der Waals surface area contributed by atoms with E-state index in [2.05, 4.69) is 77.1 Å². The number of benzene rings is 1. The SMILES string of the molecule is CCC1OCc2cc3c(cc21)nc(C(C)(C)C)n1c2nc(C(C)(C)C)ccc2nc31. The van der Waals surface area contributed by atoms with Gasteiger partial charge in [0.25, 0.3) is 0 Å². The van der Waals surface area contributed by atoms with E-state index in [9.17, 15) is 0 Å². The standard InChI is InChI=1S/C25H30N4O/c1-8-19-15-12-18-16(11-14(15)13-30-19)21-26-17-9-10-20(24(2,3)4)28-22(17)29(21)23(27-18)25(5,6)7/h9-12,19H,8,13H2,1-7H3. The highest BCUT2D eigenvalue weighted by Crippen LogP contribution is 2.38. The van der Waals surface area contributed by atoms with E-state index in [1.165, 1.54) is 11.1 Å². The van der Waals surface area contributed by atoms with Crippen LogP contribution in [0.2, 0.25) is 0 Å². The third-order valence-corrected chi connectivity index (χ3v) is 6.04. The van der Waals surface area contributed by atoms with Gasteiger partial charge in [0.1, 0.15) is 17.0 Å². The van der Waals surface area contributed by atoms with Crippen molar-refractivity contribution in [3.8, 4) is 0 Å². The van der Waals surface area contributed by atoms with Crippen LogP contribution in [0.3, 0.4) is 0 Å². The van der Waals surface area contributed by atoms with Crippen molar-refractivity contribution < 1.29 is 4.74 Å². The molecule has 4 heterocycles. The number of hydrogen-bond acceptors (Lipinski definition) is 4. The van der Waals surface area contributed by atoms with Crippen molar-refractivity contribution in [2.75, 3.05) is 0 Å². The van der Waals surface area contributed by atoms with Gasteiger partial charge in [-0.1, -0.05) is 48.5 Å². The second-order valence-corrected chi connectivity index (χ2v) is 10.5. The first-order valence-electron chi connectivity index (χ1n) is 10.9. The molecule has 0 N–H and O–H groups in total. The van der Waals surface area contributed by atoms with Crippen LogP contribution in [-0.2, 0) is 22.2 Å². The molecule has 1 aromatic carbocycles. The van der Waals surface area contributed by atoms with Gasteiger partial charge in [-0.15, -0.1) is 0 Å². The number of aromatic nitrogens is 4. The van der Waals surface area contributed by atoms with Crippen molar-refractivity contribution >= 4 is 27.7 Å². The van der Waals surface area contributed by atoms with Crippen LogP contribution in [0.5, 0.6) is 0 Å². The van der Waals surface area contributed by atoms with Crippen LogP contribution in [-0.4, -0.2) is 19.4 Å². The molecular formula is C25H30N4O. The minimum absolute atomic E-state index is 0.0299. The molecule has 0 radical (unpaired) electrons. The summed E-state index contributed by atoms with van der Waals surface area (Å²) in [5.74, 6) is 0.984. The molecule has 30 heavy (non-hydrogen) atoms. The minimum atomic E-state index is -0.154. The molecule has 1 aliphatic heterocycles. The third kappa shape index (κ3) is 2.83. The first-order valence-corrected chi connectivity index (χ1v) is 10.9.